The smallest absolute Gasteiger partial charge is 0.306 e. The van der Waals surface area contributed by atoms with Crippen LogP contribution in [0.5, 0.6) is 0 Å². The van der Waals surface area contributed by atoms with Crippen molar-refractivity contribution in [2.45, 2.75) is 6.18 Å². The van der Waals surface area contributed by atoms with E-state index in [1.807, 2.05) is 0 Å². The molecule has 6 heteroatoms. The number of halogens is 3. The predicted molar refractivity (Wildman–Crippen MR) is 54.0 cm³/mol. The molecule has 1 aromatic carbocycles. The van der Waals surface area contributed by atoms with Crippen LogP contribution >= 0.6 is 0 Å². The van der Waals surface area contributed by atoms with E-state index in [1.54, 1.807) is 18.2 Å². The Kier molecular flexibility index (Phi) is 2.71. The molecule has 17 heavy (non-hydrogen) atoms. The summed E-state index contributed by atoms with van der Waals surface area (Å²) in [7, 11) is 0. The maximum Gasteiger partial charge on any atom is 0.434 e. The Morgan fingerprint density at radius 2 is 2.06 bits per heavy atom. The average molecular weight is 240 g/mol. The molecule has 0 spiro atoms. The number of carbonyl (C=O) groups excluding carboxylic acids is 1. The first-order valence-corrected chi connectivity index (χ1v) is 4.67. The molecule has 0 amide bonds. The molecule has 2 aromatic rings. The molecular formula is C11H7F3N2O. The normalized spacial score (nSPS) is 11.5. The van der Waals surface area contributed by atoms with E-state index in [-0.39, 0.29) is 0 Å². The summed E-state index contributed by atoms with van der Waals surface area (Å²) in [6, 6.07) is 6.23. The van der Waals surface area contributed by atoms with E-state index in [2.05, 4.69) is 4.98 Å². The second-order valence-electron chi connectivity index (χ2n) is 3.38. The van der Waals surface area contributed by atoms with Crippen LogP contribution in [0.1, 0.15) is 16.1 Å². The van der Waals surface area contributed by atoms with Crippen LogP contribution in [0.3, 0.4) is 0 Å². The fraction of sp³-hybridized carbons (Fsp3) is 0.0909. The van der Waals surface area contributed by atoms with Crippen LogP contribution in [0, 0.1) is 0 Å². The first-order valence-electron chi connectivity index (χ1n) is 4.67. The van der Waals surface area contributed by atoms with Gasteiger partial charge in [0.25, 0.3) is 0 Å². The zero-order chi connectivity index (χ0) is 12.5. The summed E-state index contributed by atoms with van der Waals surface area (Å²) < 4.78 is 38.2. The van der Waals surface area contributed by atoms with Crippen LogP contribution in [0.25, 0.3) is 5.69 Å². The van der Waals surface area contributed by atoms with Gasteiger partial charge >= 0.3 is 6.18 Å². The SMILES string of the molecule is O=Cc1cccc(-n2cnc(C(F)(F)F)c2)c1. The van der Waals surface area contributed by atoms with E-state index < -0.39 is 11.9 Å². The Morgan fingerprint density at radius 1 is 1.29 bits per heavy atom. The van der Waals surface area contributed by atoms with Crippen molar-refractivity contribution in [2.75, 3.05) is 0 Å². The van der Waals surface area contributed by atoms with Gasteiger partial charge in [-0.3, -0.25) is 4.79 Å². The van der Waals surface area contributed by atoms with Crippen molar-refractivity contribution in [1.29, 1.82) is 0 Å². The van der Waals surface area contributed by atoms with Crippen molar-refractivity contribution < 1.29 is 18.0 Å². The number of rotatable bonds is 2. The minimum Gasteiger partial charge on any atom is -0.306 e. The van der Waals surface area contributed by atoms with E-state index in [4.69, 9.17) is 0 Å². The molecular weight excluding hydrogens is 233 g/mol. The number of nitrogens with zero attached hydrogens (tertiary/aromatic N) is 2. The van der Waals surface area contributed by atoms with E-state index in [9.17, 15) is 18.0 Å². The molecule has 2 rings (SSSR count). The maximum absolute atomic E-state index is 12.3. The van der Waals surface area contributed by atoms with Crippen LogP contribution < -0.4 is 0 Å². The van der Waals surface area contributed by atoms with E-state index in [1.165, 1.54) is 10.6 Å². The third-order valence-corrected chi connectivity index (χ3v) is 2.18. The van der Waals surface area contributed by atoms with Gasteiger partial charge in [0.05, 0.1) is 6.33 Å². The summed E-state index contributed by atoms with van der Waals surface area (Å²) in [5, 5.41) is 0. The highest BCUT2D eigenvalue weighted by molar-refractivity contribution is 5.75. The Labute approximate surface area is 94.5 Å². The van der Waals surface area contributed by atoms with Gasteiger partial charge < -0.3 is 4.57 Å². The van der Waals surface area contributed by atoms with Gasteiger partial charge in [0.2, 0.25) is 0 Å². The van der Waals surface area contributed by atoms with E-state index in [0.717, 1.165) is 12.5 Å². The highest BCUT2D eigenvalue weighted by Crippen LogP contribution is 2.28. The van der Waals surface area contributed by atoms with Gasteiger partial charge in [-0.15, -0.1) is 0 Å². The largest absolute Gasteiger partial charge is 0.434 e. The first kappa shape index (κ1) is 11.4. The van der Waals surface area contributed by atoms with Gasteiger partial charge in [-0.2, -0.15) is 13.2 Å². The molecule has 0 aliphatic rings. The number of hydrogen-bond donors (Lipinski definition) is 0. The van der Waals surface area contributed by atoms with Crippen molar-refractivity contribution in [1.82, 2.24) is 9.55 Å². The van der Waals surface area contributed by atoms with Crippen molar-refractivity contribution in [3.05, 3.63) is 48.0 Å². The zero-order valence-electron chi connectivity index (χ0n) is 8.48. The maximum atomic E-state index is 12.3. The average Bonchev–Trinajstić information content (AvgIpc) is 2.78. The van der Waals surface area contributed by atoms with Gasteiger partial charge in [0, 0.05) is 17.4 Å². The molecule has 0 unspecified atom stereocenters. The lowest BCUT2D eigenvalue weighted by molar-refractivity contribution is -0.140. The van der Waals surface area contributed by atoms with Crippen molar-refractivity contribution in [3.8, 4) is 5.69 Å². The molecule has 0 bridgehead atoms. The predicted octanol–water partition coefficient (Wildman–Crippen LogP) is 2.70. The van der Waals surface area contributed by atoms with Crippen LogP contribution in [-0.2, 0) is 6.18 Å². The number of benzene rings is 1. The topological polar surface area (TPSA) is 34.9 Å². The molecule has 1 aromatic heterocycles. The number of imidazole rings is 1. The molecule has 88 valence electrons. The lowest BCUT2D eigenvalue weighted by Gasteiger charge is -2.02. The van der Waals surface area contributed by atoms with Crippen LogP contribution in [0.4, 0.5) is 13.2 Å². The highest BCUT2D eigenvalue weighted by Gasteiger charge is 2.33. The molecule has 0 atom stereocenters. The summed E-state index contributed by atoms with van der Waals surface area (Å²) in [6.45, 7) is 0. The van der Waals surface area contributed by atoms with Crippen molar-refractivity contribution in [3.63, 3.8) is 0 Å². The Balaban J connectivity index is 2.40. The minimum absolute atomic E-state index is 0.393. The fourth-order valence-corrected chi connectivity index (χ4v) is 1.37. The lowest BCUT2D eigenvalue weighted by atomic mass is 10.2. The van der Waals surface area contributed by atoms with Crippen LogP contribution in [0.15, 0.2) is 36.8 Å². The third kappa shape index (κ3) is 2.35. The lowest BCUT2D eigenvalue weighted by Crippen LogP contribution is -2.04. The third-order valence-electron chi connectivity index (χ3n) is 2.18. The molecule has 0 radical (unpaired) electrons. The van der Waals surface area contributed by atoms with E-state index in [0.29, 0.717) is 17.5 Å². The van der Waals surface area contributed by atoms with Gasteiger partial charge in [0.1, 0.15) is 6.29 Å². The van der Waals surface area contributed by atoms with Gasteiger partial charge in [0.15, 0.2) is 5.69 Å². The van der Waals surface area contributed by atoms with Crippen molar-refractivity contribution >= 4 is 6.29 Å². The van der Waals surface area contributed by atoms with Crippen LogP contribution in [-0.4, -0.2) is 15.8 Å². The molecule has 0 saturated heterocycles. The van der Waals surface area contributed by atoms with Crippen molar-refractivity contribution in [2.24, 2.45) is 0 Å². The number of aldehydes is 1. The number of hydrogen-bond acceptors (Lipinski definition) is 2. The molecule has 0 aliphatic carbocycles. The first-order chi connectivity index (χ1) is 8.00. The summed E-state index contributed by atoms with van der Waals surface area (Å²) >= 11 is 0. The Bertz CT molecular complexity index is 546. The highest BCUT2D eigenvalue weighted by atomic mass is 19.4. The standard InChI is InChI=1S/C11H7F3N2O/c12-11(13,14)10-5-16(7-15-10)9-3-1-2-8(4-9)6-17/h1-7H. The summed E-state index contributed by atoms with van der Waals surface area (Å²) in [4.78, 5) is 13.8. The fourth-order valence-electron chi connectivity index (χ4n) is 1.37. The second-order valence-corrected chi connectivity index (χ2v) is 3.38. The van der Waals surface area contributed by atoms with Gasteiger partial charge in [-0.25, -0.2) is 4.98 Å². The minimum atomic E-state index is -4.46. The monoisotopic (exact) mass is 240 g/mol. The van der Waals surface area contributed by atoms with Gasteiger partial charge in [-0.1, -0.05) is 12.1 Å². The van der Waals surface area contributed by atoms with Gasteiger partial charge in [-0.05, 0) is 12.1 Å². The zero-order valence-corrected chi connectivity index (χ0v) is 8.48. The molecule has 0 saturated carbocycles. The Morgan fingerprint density at radius 3 is 2.65 bits per heavy atom. The number of alkyl halides is 3. The molecule has 1 heterocycles. The quantitative estimate of drug-likeness (QED) is 0.756. The Hall–Kier alpha value is -2.11. The number of aromatic nitrogens is 2. The second kappa shape index (κ2) is 4.04. The van der Waals surface area contributed by atoms with E-state index >= 15 is 0 Å². The van der Waals surface area contributed by atoms with Crippen LogP contribution in [0.2, 0.25) is 0 Å². The summed E-state index contributed by atoms with van der Waals surface area (Å²) in [5.74, 6) is 0. The molecule has 3 nitrogen and oxygen atoms in total. The number of carbonyl (C=O) groups is 1. The summed E-state index contributed by atoms with van der Waals surface area (Å²) in [6.07, 6.45) is -1.89. The molecule has 0 aliphatic heterocycles. The molecule has 0 N–H and O–H groups in total. The summed E-state index contributed by atoms with van der Waals surface area (Å²) in [5.41, 5.74) is -0.114. The molecule has 0 fully saturated rings.